The van der Waals surface area contributed by atoms with Gasteiger partial charge in [0.1, 0.15) is 5.76 Å². The second-order valence-corrected chi connectivity index (χ2v) is 9.40. The molecule has 2 aliphatic carbocycles. The number of hydrogen-bond donors (Lipinski definition) is 2. The number of hydrogen-bond acceptors (Lipinski definition) is 9. The van der Waals surface area contributed by atoms with Gasteiger partial charge >= 0.3 is 17.9 Å². The molecule has 1 aromatic rings. The number of rotatable bonds is 6. The number of benzene rings is 1. The van der Waals surface area contributed by atoms with E-state index in [4.69, 9.17) is 18.9 Å². The zero-order valence-corrected chi connectivity index (χ0v) is 19.2. The highest BCUT2D eigenvalue weighted by Gasteiger charge is 2.72. The lowest BCUT2D eigenvalue weighted by Gasteiger charge is -2.61. The SMILES string of the molecule is COc1ccc2c3c1O[C@@H]1C(OC(=O)C[C@H](OC(C)=O)C(=O)O)=CC[C@]4(O)[C@H](C2)N(C)CC[C@@]314. The van der Waals surface area contributed by atoms with Gasteiger partial charge in [0, 0.05) is 24.9 Å². The van der Waals surface area contributed by atoms with Crippen LogP contribution in [-0.4, -0.2) is 77.6 Å². The molecule has 1 spiro atoms. The van der Waals surface area contributed by atoms with Gasteiger partial charge in [0.15, 0.2) is 17.6 Å². The molecule has 182 valence electrons. The van der Waals surface area contributed by atoms with Crippen molar-refractivity contribution >= 4 is 17.9 Å². The summed E-state index contributed by atoms with van der Waals surface area (Å²) in [6.07, 6.45) is 0.0411. The average Bonchev–Trinajstić information content (AvgIpc) is 3.13. The first-order chi connectivity index (χ1) is 16.1. The van der Waals surface area contributed by atoms with Crippen molar-refractivity contribution < 1.29 is 43.5 Å². The van der Waals surface area contributed by atoms with Gasteiger partial charge in [0.2, 0.25) is 6.10 Å². The molecule has 1 aromatic carbocycles. The molecule has 10 heteroatoms. The number of esters is 2. The van der Waals surface area contributed by atoms with Gasteiger partial charge in [0.05, 0.1) is 24.5 Å². The van der Waals surface area contributed by atoms with Crippen molar-refractivity contribution in [2.24, 2.45) is 0 Å². The Kier molecular flexibility index (Phi) is 5.14. The van der Waals surface area contributed by atoms with Crippen molar-refractivity contribution in [3.8, 4) is 11.5 Å². The predicted molar refractivity (Wildman–Crippen MR) is 115 cm³/mol. The van der Waals surface area contributed by atoms with E-state index in [0.717, 1.165) is 24.6 Å². The van der Waals surface area contributed by atoms with Crippen molar-refractivity contribution in [1.29, 1.82) is 0 Å². The van der Waals surface area contributed by atoms with E-state index in [0.29, 0.717) is 24.3 Å². The highest BCUT2D eigenvalue weighted by atomic mass is 16.6. The highest BCUT2D eigenvalue weighted by Crippen LogP contribution is 2.65. The Morgan fingerprint density at radius 3 is 2.76 bits per heavy atom. The van der Waals surface area contributed by atoms with Crippen LogP contribution in [0.25, 0.3) is 0 Å². The molecule has 0 amide bonds. The number of piperidine rings is 1. The average molecular weight is 473 g/mol. The summed E-state index contributed by atoms with van der Waals surface area (Å²) in [5.41, 5.74) is -0.0257. The second kappa shape index (κ2) is 7.71. The van der Waals surface area contributed by atoms with Crippen LogP contribution >= 0.6 is 0 Å². The summed E-state index contributed by atoms with van der Waals surface area (Å²) in [6, 6.07) is 3.69. The van der Waals surface area contributed by atoms with Crippen LogP contribution in [-0.2, 0) is 35.7 Å². The summed E-state index contributed by atoms with van der Waals surface area (Å²) in [5, 5.41) is 21.4. The number of aliphatic carboxylic acids is 1. The standard InChI is InChI=1S/C24H27NO9/c1-12(26)32-16(22(28)29)11-18(27)33-15-6-7-24(30)17-10-13-4-5-14(31-3)20-19(13)23(24,21(15)34-20)8-9-25(17)2/h4-6,16-17,21,30H,7-11H2,1-3H3,(H,28,29)/t16-,17-,21+,23+,24-/m0/s1. The fraction of sp³-hybridized carbons (Fsp3) is 0.542. The molecular formula is C24H27NO9. The topological polar surface area (TPSA) is 132 Å². The number of carboxylic acid groups (broad SMARTS) is 1. The molecule has 1 saturated heterocycles. The third-order valence-corrected chi connectivity index (χ3v) is 7.73. The monoisotopic (exact) mass is 473 g/mol. The molecule has 0 saturated carbocycles. The minimum Gasteiger partial charge on any atom is -0.493 e. The molecular weight excluding hydrogens is 446 g/mol. The molecule has 34 heavy (non-hydrogen) atoms. The minimum absolute atomic E-state index is 0.145. The van der Waals surface area contributed by atoms with E-state index in [1.54, 1.807) is 13.2 Å². The van der Waals surface area contributed by atoms with Crippen molar-refractivity contribution in [2.75, 3.05) is 20.7 Å². The Labute approximate surface area is 196 Å². The number of likely N-dealkylation sites (N-methyl/N-ethyl adjacent to an activating group) is 1. The number of carbonyl (C=O) groups is 3. The molecule has 1 fully saturated rings. The molecule has 4 aliphatic rings. The summed E-state index contributed by atoms with van der Waals surface area (Å²) < 4.78 is 22.3. The van der Waals surface area contributed by atoms with Gasteiger partial charge in [-0.3, -0.25) is 9.59 Å². The molecule has 0 unspecified atom stereocenters. The molecule has 2 heterocycles. The van der Waals surface area contributed by atoms with E-state index in [-0.39, 0.29) is 18.2 Å². The van der Waals surface area contributed by atoms with E-state index in [9.17, 15) is 24.6 Å². The first-order valence-electron chi connectivity index (χ1n) is 11.2. The quantitative estimate of drug-likeness (QED) is 0.575. The third kappa shape index (κ3) is 2.98. The molecule has 5 atom stereocenters. The van der Waals surface area contributed by atoms with Gasteiger partial charge in [-0.25, -0.2) is 4.79 Å². The molecule has 2 bridgehead atoms. The van der Waals surface area contributed by atoms with E-state index in [1.165, 1.54) is 0 Å². The Morgan fingerprint density at radius 2 is 2.09 bits per heavy atom. The van der Waals surface area contributed by atoms with Crippen LogP contribution in [0.1, 0.15) is 37.3 Å². The minimum atomic E-state index is -1.65. The maximum absolute atomic E-state index is 12.7. The summed E-state index contributed by atoms with van der Waals surface area (Å²) >= 11 is 0. The number of likely N-dealkylation sites (tertiary alicyclic amines) is 1. The highest BCUT2D eigenvalue weighted by molar-refractivity contribution is 5.83. The van der Waals surface area contributed by atoms with E-state index in [2.05, 4.69) is 4.90 Å². The Balaban J connectivity index is 1.52. The second-order valence-electron chi connectivity index (χ2n) is 9.40. The summed E-state index contributed by atoms with van der Waals surface area (Å²) in [4.78, 5) is 37.4. The number of carboxylic acids is 1. The molecule has 2 N–H and O–H groups in total. The third-order valence-electron chi connectivity index (χ3n) is 7.73. The lowest BCUT2D eigenvalue weighted by atomic mass is 9.50. The predicted octanol–water partition coefficient (Wildman–Crippen LogP) is 0.922. The lowest BCUT2D eigenvalue weighted by Crippen LogP contribution is -2.74. The van der Waals surface area contributed by atoms with Crippen LogP contribution in [0.3, 0.4) is 0 Å². The van der Waals surface area contributed by atoms with Gasteiger partial charge < -0.3 is 34.1 Å². The zero-order valence-electron chi connectivity index (χ0n) is 19.2. The Morgan fingerprint density at radius 1 is 1.32 bits per heavy atom. The first-order valence-corrected chi connectivity index (χ1v) is 11.2. The van der Waals surface area contributed by atoms with Gasteiger partial charge in [-0.1, -0.05) is 6.07 Å². The largest absolute Gasteiger partial charge is 0.493 e. The Bertz CT molecular complexity index is 1110. The summed E-state index contributed by atoms with van der Waals surface area (Å²) in [5.74, 6) is -1.82. The van der Waals surface area contributed by atoms with Crippen LogP contribution in [0, 0.1) is 0 Å². The smallest absolute Gasteiger partial charge is 0.345 e. The fourth-order valence-corrected chi connectivity index (χ4v) is 6.29. The van der Waals surface area contributed by atoms with Crippen LogP contribution in [0.2, 0.25) is 0 Å². The number of carbonyl (C=O) groups excluding carboxylic acids is 2. The maximum Gasteiger partial charge on any atom is 0.345 e. The van der Waals surface area contributed by atoms with Crippen LogP contribution < -0.4 is 9.47 Å². The zero-order chi connectivity index (χ0) is 24.4. The van der Waals surface area contributed by atoms with Crippen molar-refractivity contribution in [1.82, 2.24) is 4.90 Å². The van der Waals surface area contributed by atoms with Crippen LogP contribution in [0.15, 0.2) is 24.0 Å². The van der Waals surface area contributed by atoms with Crippen molar-refractivity contribution in [3.05, 3.63) is 35.1 Å². The van der Waals surface area contributed by atoms with Crippen LogP contribution in [0.4, 0.5) is 0 Å². The van der Waals surface area contributed by atoms with Gasteiger partial charge in [0.25, 0.3) is 0 Å². The molecule has 10 nitrogen and oxygen atoms in total. The Hall–Kier alpha value is -3.11. The normalized spacial score (nSPS) is 31.5. The summed E-state index contributed by atoms with van der Waals surface area (Å²) in [7, 11) is 3.54. The van der Waals surface area contributed by atoms with Crippen LogP contribution in [0.5, 0.6) is 11.5 Å². The fourth-order valence-electron chi connectivity index (χ4n) is 6.29. The number of ether oxygens (including phenoxy) is 4. The molecule has 0 radical (unpaired) electrons. The first kappa shape index (κ1) is 22.7. The van der Waals surface area contributed by atoms with E-state index in [1.807, 2.05) is 19.2 Å². The summed E-state index contributed by atoms with van der Waals surface area (Å²) in [6.45, 7) is 1.79. The van der Waals surface area contributed by atoms with E-state index < -0.39 is 47.6 Å². The lowest BCUT2D eigenvalue weighted by molar-refractivity contribution is -0.173. The van der Waals surface area contributed by atoms with E-state index >= 15 is 0 Å². The van der Waals surface area contributed by atoms with Gasteiger partial charge in [-0.05, 0) is 44.1 Å². The van der Waals surface area contributed by atoms with Crippen molar-refractivity contribution in [2.45, 2.75) is 61.9 Å². The molecule has 5 rings (SSSR count). The number of aliphatic hydroxyl groups is 1. The number of nitrogens with zero attached hydrogens (tertiary/aromatic N) is 1. The maximum atomic E-state index is 12.7. The van der Waals surface area contributed by atoms with Gasteiger partial charge in [-0.2, -0.15) is 0 Å². The van der Waals surface area contributed by atoms with Gasteiger partial charge in [-0.15, -0.1) is 0 Å². The molecule has 0 aromatic heterocycles. The number of methoxy groups -OCH3 is 1. The van der Waals surface area contributed by atoms with Crippen molar-refractivity contribution in [3.63, 3.8) is 0 Å². The molecule has 2 aliphatic heterocycles.